The van der Waals surface area contributed by atoms with Gasteiger partial charge in [0, 0.05) is 30.1 Å². The zero-order valence-corrected chi connectivity index (χ0v) is 21.2. The van der Waals surface area contributed by atoms with Crippen LogP contribution in [-0.2, 0) is 18.0 Å². The van der Waals surface area contributed by atoms with Crippen molar-refractivity contribution in [1.29, 1.82) is 0 Å². The average molecular weight is 498 g/mol. The molecule has 6 nitrogen and oxygen atoms in total. The van der Waals surface area contributed by atoms with Crippen molar-refractivity contribution in [1.82, 2.24) is 4.90 Å². The Hall–Kier alpha value is -4.06. The topological polar surface area (TPSA) is 69.0 Å². The van der Waals surface area contributed by atoms with Crippen LogP contribution in [0.5, 0.6) is 5.75 Å². The van der Waals surface area contributed by atoms with Gasteiger partial charge >= 0.3 is 6.09 Å². The van der Waals surface area contributed by atoms with Crippen LogP contribution < -0.4 is 10.2 Å². The van der Waals surface area contributed by atoms with Crippen LogP contribution in [0.4, 0.5) is 4.79 Å². The first-order valence-corrected chi connectivity index (χ1v) is 12.7. The van der Waals surface area contributed by atoms with Crippen LogP contribution >= 0.6 is 0 Å². The second-order valence-electron chi connectivity index (χ2n) is 9.56. The lowest BCUT2D eigenvalue weighted by Gasteiger charge is -2.31. The molecule has 5 rings (SSSR count). The Labute approximate surface area is 216 Å². The Morgan fingerprint density at radius 1 is 0.865 bits per heavy atom. The summed E-state index contributed by atoms with van der Waals surface area (Å²) in [6.45, 7) is 5.56. The monoisotopic (exact) mass is 497 g/mol. The van der Waals surface area contributed by atoms with Crippen LogP contribution in [0.3, 0.4) is 0 Å². The standard InChI is InChI=1S/C31H31NO5/c1-21-27(35-19-23-9-5-3-6-10-23)14-13-26-28(33)22(2)29(37-30(21)26)25-15-17-32(18-16-25)31(34)36-20-24-11-7-4-8-12-24/h3-14,25H,15-20H2,1-2H3. The third-order valence-corrected chi connectivity index (χ3v) is 7.09. The predicted molar refractivity (Wildman–Crippen MR) is 143 cm³/mol. The van der Waals surface area contributed by atoms with Gasteiger partial charge in [-0.3, -0.25) is 4.79 Å². The molecule has 3 aromatic carbocycles. The Morgan fingerprint density at radius 3 is 2.14 bits per heavy atom. The number of ether oxygens (including phenoxy) is 2. The quantitative estimate of drug-likeness (QED) is 0.304. The van der Waals surface area contributed by atoms with Gasteiger partial charge in [0.25, 0.3) is 0 Å². The van der Waals surface area contributed by atoms with Crippen LogP contribution in [0.2, 0.25) is 0 Å². The van der Waals surface area contributed by atoms with E-state index in [4.69, 9.17) is 13.9 Å². The minimum absolute atomic E-state index is 0.0151. The highest BCUT2D eigenvalue weighted by molar-refractivity contribution is 5.82. The molecular weight excluding hydrogens is 466 g/mol. The summed E-state index contributed by atoms with van der Waals surface area (Å²) < 4.78 is 18.0. The molecule has 0 atom stereocenters. The van der Waals surface area contributed by atoms with Crippen LogP contribution in [0.1, 0.15) is 46.8 Å². The van der Waals surface area contributed by atoms with Crippen molar-refractivity contribution < 1.29 is 18.7 Å². The molecule has 6 heteroatoms. The summed E-state index contributed by atoms with van der Waals surface area (Å²) in [5.41, 5.74) is 4.03. The molecule has 0 unspecified atom stereocenters. The molecule has 0 aliphatic carbocycles. The number of nitrogens with zero attached hydrogens (tertiary/aromatic N) is 1. The minimum atomic E-state index is -0.310. The lowest BCUT2D eigenvalue weighted by molar-refractivity contribution is 0.0859. The first-order valence-electron chi connectivity index (χ1n) is 12.7. The molecule has 1 saturated heterocycles. The van der Waals surface area contributed by atoms with E-state index < -0.39 is 0 Å². The van der Waals surface area contributed by atoms with E-state index in [9.17, 15) is 9.59 Å². The summed E-state index contributed by atoms with van der Waals surface area (Å²) in [6, 6.07) is 23.3. The predicted octanol–water partition coefficient (Wildman–Crippen LogP) is 6.51. The van der Waals surface area contributed by atoms with Crippen LogP contribution in [0, 0.1) is 13.8 Å². The van der Waals surface area contributed by atoms with Gasteiger partial charge in [-0.15, -0.1) is 0 Å². The zero-order chi connectivity index (χ0) is 25.8. The number of likely N-dealkylation sites (tertiary alicyclic amines) is 1. The molecule has 190 valence electrons. The molecular formula is C31H31NO5. The number of piperidine rings is 1. The van der Waals surface area contributed by atoms with Gasteiger partial charge in [0.2, 0.25) is 0 Å². The molecule has 1 fully saturated rings. The van der Waals surface area contributed by atoms with Gasteiger partial charge in [0.05, 0.1) is 5.39 Å². The molecule has 0 N–H and O–H groups in total. The van der Waals surface area contributed by atoms with Gasteiger partial charge in [-0.05, 0) is 49.9 Å². The van der Waals surface area contributed by atoms with Gasteiger partial charge < -0.3 is 18.8 Å². The Balaban J connectivity index is 1.30. The third kappa shape index (κ3) is 5.38. The van der Waals surface area contributed by atoms with E-state index >= 15 is 0 Å². The summed E-state index contributed by atoms with van der Waals surface area (Å²) in [5.74, 6) is 1.46. The Morgan fingerprint density at radius 2 is 1.49 bits per heavy atom. The van der Waals surface area contributed by atoms with Crippen molar-refractivity contribution in [2.45, 2.75) is 45.8 Å². The van der Waals surface area contributed by atoms with Crippen molar-refractivity contribution in [2.24, 2.45) is 0 Å². The van der Waals surface area contributed by atoms with E-state index in [-0.39, 0.29) is 24.0 Å². The van der Waals surface area contributed by atoms with Gasteiger partial charge in [0.1, 0.15) is 30.3 Å². The molecule has 0 radical (unpaired) electrons. The largest absolute Gasteiger partial charge is 0.488 e. The maximum Gasteiger partial charge on any atom is 0.410 e. The summed E-state index contributed by atoms with van der Waals surface area (Å²) in [6.07, 6.45) is 1.10. The normalized spacial score (nSPS) is 14.1. The second kappa shape index (κ2) is 10.9. The first-order chi connectivity index (χ1) is 18.0. The summed E-state index contributed by atoms with van der Waals surface area (Å²) in [7, 11) is 0. The SMILES string of the molecule is Cc1c(C2CCN(C(=O)OCc3ccccc3)CC2)oc2c(C)c(OCc3ccccc3)ccc2c1=O. The number of carbonyl (C=O) groups is 1. The fourth-order valence-corrected chi connectivity index (χ4v) is 4.90. The van der Waals surface area contributed by atoms with Gasteiger partial charge in [-0.1, -0.05) is 60.7 Å². The van der Waals surface area contributed by atoms with Gasteiger partial charge in [0.15, 0.2) is 5.43 Å². The zero-order valence-electron chi connectivity index (χ0n) is 21.2. The lowest BCUT2D eigenvalue weighted by atomic mass is 9.91. The molecule has 0 bridgehead atoms. The van der Waals surface area contributed by atoms with Crippen LogP contribution in [0.25, 0.3) is 11.0 Å². The van der Waals surface area contributed by atoms with E-state index in [0.29, 0.717) is 60.6 Å². The Bertz CT molecular complexity index is 1440. The van der Waals surface area contributed by atoms with Crippen molar-refractivity contribution in [3.05, 3.63) is 111 Å². The van der Waals surface area contributed by atoms with Crippen molar-refractivity contribution in [2.75, 3.05) is 13.1 Å². The third-order valence-electron chi connectivity index (χ3n) is 7.09. The number of hydrogen-bond acceptors (Lipinski definition) is 5. The highest BCUT2D eigenvalue weighted by Gasteiger charge is 2.29. The lowest BCUT2D eigenvalue weighted by Crippen LogP contribution is -2.38. The van der Waals surface area contributed by atoms with Crippen LogP contribution in [-0.4, -0.2) is 24.1 Å². The molecule has 0 saturated carbocycles. The maximum absolute atomic E-state index is 13.2. The van der Waals surface area contributed by atoms with E-state index in [2.05, 4.69) is 0 Å². The van der Waals surface area contributed by atoms with Crippen molar-refractivity contribution >= 4 is 17.1 Å². The maximum atomic E-state index is 13.2. The molecule has 1 amide bonds. The number of hydrogen-bond donors (Lipinski definition) is 0. The number of amides is 1. The smallest absolute Gasteiger partial charge is 0.410 e. The van der Waals surface area contributed by atoms with Gasteiger partial charge in [-0.25, -0.2) is 4.79 Å². The molecule has 1 aliphatic heterocycles. The number of fused-ring (bicyclic) bond motifs is 1. The van der Waals surface area contributed by atoms with Crippen LogP contribution in [0.15, 0.2) is 82.0 Å². The minimum Gasteiger partial charge on any atom is -0.488 e. The van der Waals surface area contributed by atoms with E-state index in [0.717, 1.165) is 16.7 Å². The van der Waals surface area contributed by atoms with Crippen molar-refractivity contribution in [3.8, 4) is 5.75 Å². The number of carbonyl (C=O) groups excluding carboxylic acids is 1. The number of rotatable bonds is 6. The summed E-state index contributed by atoms with van der Waals surface area (Å²) >= 11 is 0. The summed E-state index contributed by atoms with van der Waals surface area (Å²) in [5, 5.41) is 0.563. The highest BCUT2D eigenvalue weighted by Crippen LogP contribution is 2.34. The molecule has 1 aromatic heterocycles. The molecule has 37 heavy (non-hydrogen) atoms. The fourth-order valence-electron chi connectivity index (χ4n) is 4.90. The van der Waals surface area contributed by atoms with Crippen molar-refractivity contribution in [3.63, 3.8) is 0 Å². The molecule has 4 aromatic rings. The van der Waals surface area contributed by atoms with E-state index in [1.54, 1.807) is 11.0 Å². The first kappa shape index (κ1) is 24.6. The average Bonchev–Trinajstić information content (AvgIpc) is 2.94. The Kier molecular flexibility index (Phi) is 7.26. The van der Waals surface area contributed by atoms with E-state index in [1.165, 1.54) is 0 Å². The number of benzene rings is 3. The summed E-state index contributed by atoms with van der Waals surface area (Å²) in [4.78, 5) is 27.5. The highest BCUT2D eigenvalue weighted by atomic mass is 16.6. The fraction of sp³-hybridized carbons (Fsp3) is 0.290. The molecule has 0 spiro atoms. The second-order valence-corrected chi connectivity index (χ2v) is 9.56. The number of aryl methyl sites for hydroxylation is 1. The van der Waals surface area contributed by atoms with Gasteiger partial charge in [-0.2, -0.15) is 0 Å². The molecule has 1 aliphatic rings. The van der Waals surface area contributed by atoms with E-state index in [1.807, 2.05) is 80.6 Å². The molecule has 2 heterocycles.